The summed E-state index contributed by atoms with van der Waals surface area (Å²) in [5, 5.41) is 6.35. The number of nitrogens with one attached hydrogen (secondary N) is 1. The van der Waals surface area contributed by atoms with E-state index in [1.54, 1.807) is 24.3 Å². The van der Waals surface area contributed by atoms with Gasteiger partial charge in [-0.15, -0.1) is 0 Å². The third-order valence-electron chi connectivity index (χ3n) is 25.2. The van der Waals surface area contributed by atoms with Crippen molar-refractivity contribution < 1.29 is 66.7 Å². The molecule has 2 saturated heterocycles. The Morgan fingerprint density at radius 3 is 1.13 bits per heavy atom. The number of carbonyl (C=O) groups is 6. The van der Waals surface area contributed by atoms with Crippen LogP contribution < -0.4 is 24.3 Å². The quantitative estimate of drug-likeness (QED) is 0.0186. The molecular formula is C94H103N3O14. The molecule has 578 valence electrons. The van der Waals surface area contributed by atoms with Crippen LogP contribution in [0.4, 0.5) is 0 Å². The molecule has 0 spiro atoms. The van der Waals surface area contributed by atoms with Crippen molar-refractivity contribution in [2.75, 3.05) is 19.8 Å². The third kappa shape index (κ3) is 14.6. The van der Waals surface area contributed by atoms with E-state index in [-0.39, 0.29) is 97.4 Å². The van der Waals surface area contributed by atoms with Crippen LogP contribution in [0, 0.1) is 17.8 Å². The van der Waals surface area contributed by atoms with Crippen molar-refractivity contribution in [3.63, 3.8) is 0 Å². The Morgan fingerprint density at radius 1 is 0.423 bits per heavy atom. The normalized spacial score (nSPS) is 22.1. The summed E-state index contributed by atoms with van der Waals surface area (Å²) in [6.45, 7) is 21.4. The largest absolute Gasteiger partial charge is 0.461 e. The predicted molar refractivity (Wildman–Crippen MR) is 428 cm³/mol. The minimum atomic E-state index is -1.29. The van der Waals surface area contributed by atoms with Crippen LogP contribution in [0.2, 0.25) is 0 Å². The van der Waals surface area contributed by atoms with E-state index in [4.69, 9.17) is 37.9 Å². The topological polar surface area (TPSA) is 201 Å². The van der Waals surface area contributed by atoms with E-state index in [0.717, 1.165) is 99.7 Å². The number of carbonyl (C=O) groups excluding carboxylic acids is 6. The SMILES string of the molecule is CC(C)c1ccc(Oc2cc3c4c(cc(Oc5ccc(C(C)C)cc5)c5c6c(Oc7ccc(C(C)(C)C)cc7)cc7c8c(cc(Oc9ccc(C(C)C)cc9)c(c2c45)c86)C(=O)N(C(C(=O)OC2CCCC(NCC4CO4)C2)C2CCCC2)C7=O)C(=O)N(C(C(=O)OC2CCCC(CCC4CO4)C2)C2CCCC2)C3=O)cc1. The zero-order valence-corrected chi connectivity index (χ0v) is 65.5. The number of ether oxygens (including phenoxy) is 8. The summed E-state index contributed by atoms with van der Waals surface area (Å²) in [5.41, 5.74) is 4.38. The summed E-state index contributed by atoms with van der Waals surface area (Å²) in [5.74, 6) is -1.59. The molecule has 0 aromatic heterocycles. The van der Waals surface area contributed by atoms with Crippen LogP contribution in [0.5, 0.6) is 46.0 Å². The Balaban J connectivity index is 0.940. The van der Waals surface area contributed by atoms with Gasteiger partial charge in [0, 0.05) is 55.7 Å². The number of rotatable bonds is 25. The van der Waals surface area contributed by atoms with Gasteiger partial charge < -0.3 is 43.2 Å². The minimum absolute atomic E-state index is 0.0914. The summed E-state index contributed by atoms with van der Waals surface area (Å²) in [4.78, 5) is 101. The molecule has 6 fully saturated rings. The molecule has 0 bridgehead atoms. The maximum absolute atomic E-state index is 16.8. The lowest BCUT2D eigenvalue weighted by Crippen LogP contribution is -2.54. The van der Waals surface area contributed by atoms with Gasteiger partial charge in [0.2, 0.25) is 0 Å². The molecule has 4 aliphatic heterocycles. The third-order valence-corrected chi connectivity index (χ3v) is 25.2. The Kier molecular flexibility index (Phi) is 20.3. The number of nitrogens with zero attached hydrogens (tertiary/aromatic N) is 2. The highest BCUT2D eigenvalue weighted by molar-refractivity contribution is 6.45. The summed E-state index contributed by atoms with van der Waals surface area (Å²) >= 11 is 0. The van der Waals surface area contributed by atoms with E-state index >= 15 is 28.8 Å². The zero-order chi connectivity index (χ0) is 76.8. The first-order chi connectivity index (χ1) is 53.6. The molecule has 4 saturated carbocycles. The van der Waals surface area contributed by atoms with Gasteiger partial charge in [0.05, 0.1) is 47.7 Å². The Labute approximate surface area is 650 Å². The van der Waals surface area contributed by atoms with E-state index in [9.17, 15) is 0 Å². The van der Waals surface area contributed by atoms with Crippen molar-refractivity contribution in [1.29, 1.82) is 0 Å². The number of hydrogen-bond donors (Lipinski definition) is 1. The maximum atomic E-state index is 16.8. The number of esters is 2. The Morgan fingerprint density at radius 2 is 0.775 bits per heavy atom. The van der Waals surface area contributed by atoms with Crippen molar-refractivity contribution in [3.05, 3.63) is 166 Å². The Bertz CT molecular complexity index is 5060. The van der Waals surface area contributed by atoms with E-state index in [2.05, 4.69) is 67.6 Å². The standard InChI is InChI=1S/C94H103N3O14/c1-51(2)55-25-34-62(35-26-55)106-74-44-70-78-71(89(99)96(88(70)98)86(58-17-10-11-18-58)92(102)110-66-22-14-16-54(42-66)24-33-68-49-104-68)45-76(108-64-38-29-57(30-39-64)53(5)6)82-83-77(109-65-40-31-60(32-41-65)94(7,8)9)47-73-79-72(46-75(81(85(79)83)80(74)84(78)82)107-63-36-27-56(28-37-63)52(3)4)90(100)97(91(73)101)87(59-19-12-13-20-59)93(103)111-67-23-15-21-61(43-67)95-48-69-50-105-69/h25-32,34-41,44-47,51-54,58-59,61,66-69,86-87,95H,10-24,33,42-43,48-50H2,1-9H3. The first-order valence-electron chi connectivity index (χ1n) is 41.2. The molecule has 1 N–H and O–H groups in total. The lowest BCUT2D eigenvalue weighted by Gasteiger charge is -2.38. The first kappa shape index (κ1) is 74.3. The predicted octanol–water partition coefficient (Wildman–Crippen LogP) is 21.0. The number of imide groups is 2. The van der Waals surface area contributed by atoms with Crippen molar-refractivity contribution in [3.8, 4) is 46.0 Å². The monoisotopic (exact) mass is 1500 g/mol. The lowest BCUT2D eigenvalue weighted by molar-refractivity contribution is -0.158. The molecule has 0 radical (unpaired) electrons. The lowest BCUT2D eigenvalue weighted by atomic mass is 9.79. The molecule has 4 heterocycles. The summed E-state index contributed by atoms with van der Waals surface area (Å²) in [6, 6.07) is 35.6. The van der Waals surface area contributed by atoms with Crippen LogP contribution in [0.3, 0.4) is 0 Å². The molecule has 4 aliphatic carbocycles. The van der Waals surface area contributed by atoms with Crippen LogP contribution in [0.15, 0.2) is 121 Å². The van der Waals surface area contributed by atoms with E-state index in [1.807, 2.05) is 97.1 Å². The van der Waals surface area contributed by atoms with Gasteiger partial charge in [0.1, 0.15) is 70.3 Å². The maximum Gasteiger partial charge on any atom is 0.329 e. The fourth-order valence-corrected chi connectivity index (χ4v) is 18.9. The van der Waals surface area contributed by atoms with Crippen molar-refractivity contribution in [2.24, 2.45) is 17.8 Å². The molecule has 9 aromatic carbocycles. The second-order valence-electron chi connectivity index (χ2n) is 34.9. The smallest absolute Gasteiger partial charge is 0.329 e. The van der Waals surface area contributed by atoms with Gasteiger partial charge in [0.15, 0.2) is 0 Å². The summed E-state index contributed by atoms with van der Waals surface area (Å²) in [7, 11) is 0. The number of epoxide rings is 2. The number of benzene rings is 9. The molecular weight excluding hydrogens is 1400 g/mol. The molecule has 17 heteroatoms. The molecule has 17 rings (SSSR count). The fourth-order valence-electron chi connectivity index (χ4n) is 18.9. The molecule has 8 unspecified atom stereocenters. The number of amides is 4. The molecule has 4 amide bonds. The van der Waals surface area contributed by atoms with Crippen LogP contribution in [-0.4, -0.2) is 108 Å². The molecule has 8 atom stereocenters. The van der Waals surface area contributed by atoms with Gasteiger partial charge in [-0.1, -0.05) is 143 Å². The van der Waals surface area contributed by atoms with Crippen LogP contribution in [-0.2, 0) is 34.0 Å². The fraction of sp³-hybridized carbons (Fsp3) is 0.468. The van der Waals surface area contributed by atoms with Gasteiger partial charge in [-0.05, 0) is 219 Å². The van der Waals surface area contributed by atoms with E-state index in [0.29, 0.717) is 119 Å². The highest BCUT2D eigenvalue weighted by Gasteiger charge is 2.51. The van der Waals surface area contributed by atoms with Gasteiger partial charge in [-0.25, -0.2) is 9.59 Å². The number of hydrogen-bond acceptors (Lipinski definition) is 15. The molecule has 8 aliphatic rings. The zero-order valence-electron chi connectivity index (χ0n) is 65.5. The van der Waals surface area contributed by atoms with Crippen molar-refractivity contribution in [2.45, 2.75) is 244 Å². The van der Waals surface area contributed by atoms with E-state index in [1.165, 1.54) is 9.80 Å². The Hall–Kier alpha value is -9.42. The van der Waals surface area contributed by atoms with Crippen LogP contribution >= 0.6 is 0 Å². The van der Waals surface area contributed by atoms with Crippen molar-refractivity contribution in [1.82, 2.24) is 15.1 Å². The highest BCUT2D eigenvalue weighted by atomic mass is 16.6. The molecule has 17 nitrogen and oxygen atoms in total. The second-order valence-corrected chi connectivity index (χ2v) is 34.9. The molecule has 111 heavy (non-hydrogen) atoms. The van der Waals surface area contributed by atoms with Gasteiger partial charge in [-0.2, -0.15) is 0 Å². The average Bonchev–Trinajstić information content (AvgIpc) is 1.47. The minimum Gasteiger partial charge on any atom is -0.461 e. The van der Waals surface area contributed by atoms with E-state index < -0.39 is 71.7 Å². The highest BCUT2D eigenvalue weighted by Crippen LogP contribution is 2.59. The summed E-state index contributed by atoms with van der Waals surface area (Å²) in [6.07, 6.45) is 13.4. The summed E-state index contributed by atoms with van der Waals surface area (Å²) < 4.78 is 54.2. The van der Waals surface area contributed by atoms with Crippen LogP contribution in [0.1, 0.15) is 259 Å². The second kappa shape index (κ2) is 30.2. The average molecular weight is 1500 g/mol. The van der Waals surface area contributed by atoms with Gasteiger partial charge >= 0.3 is 11.9 Å². The molecule has 9 aromatic rings. The van der Waals surface area contributed by atoms with Gasteiger partial charge in [-0.3, -0.25) is 29.0 Å². The number of fused-ring (bicyclic) bond motifs is 2. The first-order valence-corrected chi connectivity index (χ1v) is 41.2. The van der Waals surface area contributed by atoms with Gasteiger partial charge in [0.25, 0.3) is 23.6 Å². The van der Waals surface area contributed by atoms with Crippen LogP contribution in [0.25, 0.3) is 43.1 Å². The van der Waals surface area contributed by atoms with Crippen molar-refractivity contribution >= 4 is 78.7 Å².